The van der Waals surface area contributed by atoms with Crippen LogP contribution in [0.1, 0.15) is 47.4 Å². The van der Waals surface area contributed by atoms with Gasteiger partial charge < -0.3 is 30.4 Å². The molecule has 4 heterocycles. The third-order valence-corrected chi connectivity index (χ3v) is 8.07. The summed E-state index contributed by atoms with van der Waals surface area (Å²) in [5.74, 6) is -1.86. The van der Waals surface area contributed by atoms with Gasteiger partial charge in [-0.2, -0.15) is 0 Å². The van der Waals surface area contributed by atoms with E-state index in [0.717, 1.165) is 16.7 Å². The molecule has 5 aromatic rings. The van der Waals surface area contributed by atoms with Crippen molar-refractivity contribution in [3.05, 3.63) is 120 Å². The van der Waals surface area contributed by atoms with E-state index in [0.29, 0.717) is 11.2 Å². The van der Waals surface area contributed by atoms with E-state index in [1.54, 1.807) is 10.9 Å². The number of ether oxygens (including phenoxy) is 4. The maximum Gasteiger partial charge on any atom is 0.286 e. The first-order valence-electron chi connectivity index (χ1n) is 14.4. The number of anilines is 1. The van der Waals surface area contributed by atoms with E-state index in [9.17, 15) is 4.79 Å². The number of nitrogens with zero attached hydrogens (tertiary/aromatic N) is 4. The lowest BCUT2D eigenvalue weighted by molar-refractivity contribution is -0.204. The number of benzene rings is 3. The molecule has 0 radical (unpaired) electrons. The van der Waals surface area contributed by atoms with E-state index in [4.69, 9.17) is 30.4 Å². The van der Waals surface area contributed by atoms with E-state index in [1.165, 1.54) is 0 Å². The summed E-state index contributed by atoms with van der Waals surface area (Å²) in [4.78, 5) is 24.7. The smallest absolute Gasteiger partial charge is 0.286 e. The topological polar surface area (TPSA) is 150 Å². The summed E-state index contributed by atoms with van der Waals surface area (Å²) >= 11 is 0. The monoisotopic (exact) mass is 592 g/mol. The Morgan fingerprint density at radius 2 is 1.43 bits per heavy atom. The van der Waals surface area contributed by atoms with Gasteiger partial charge in [0.1, 0.15) is 29.4 Å². The second-order valence-electron chi connectivity index (χ2n) is 11.3. The maximum atomic E-state index is 11.9. The molecule has 2 fully saturated rings. The van der Waals surface area contributed by atoms with Gasteiger partial charge in [-0.15, -0.1) is 0 Å². The van der Waals surface area contributed by atoms with Crippen LogP contribution in [0.2, 0.25) is 0 Å². The predicted octanol–water partition coefficient (Wildman–Crippen LogP) is 3.93. The average molecular weight is 593 g/mol. The van der Waals surface area contributed by atoms with Gasteiger partial charge in [0.2, 0.25) is 5.82 Å². The van der Waals surface area contributed by atoms with Gasteiger partial charge >= 0.3 is 0 Å². The minimum Gasteiger partial charge on any atom is -0.382 e. The number of carbonyl (C=O) groups is 1. The quantitative estimate of drug-likeness (QED) is 0.256. The molecule has 1 amide bonds. The fourth-order valence-electron chi connectivity index (χ4n) is 6.23. The number of amides is 1. The van der Waals surface area contributed by atoms with Gasteiger partial charge in [0.25, 0.3) is 5.91 Å². The Labute approximate surface area is 253 Å². The number of rotatable bonds is 8. The highest BCUT2D eigenvalue weighted by molar-refractivity contribution is 5.93. The van der Waals surface area contributed by atoms with Crippen LogP contribution in [-0.4, -0.2) is 56.1 Å². The standard InChI is InChI=1S/C33H32N6O5/c1-32(2)43-25-23(42-31(26(25)44-32)39-19-36-24-27(34)37-29(28(35)40)38-30(24)39)18-41-33(20-12-6-3-7-13-20,21-14-8-4-9-15-21)22-16-10-5-11-17-22/h3-17,19,23,25-26,31H,18H2,1-2H3,(H2,35,40)(H2,34,37,38)/t23-,25-,26-,31-/m1/s1. The number of nitrogens with two attached hydrogens (primary N) is 2. The SMILES string of the molecule is CC1(C)O[C@@H]2[C@H](O1)[C@@H](COC(c1ccccc1)(c1ccccc1)c1ccccc1)O[C@H]2n1cnc2c(N)nc(C(N)=O)nc21. The molecule has 2 aliphatic heterocycles. The zero-order valence-electron chi connectivity index (χ0n) is 24.2. The summed E-state index contributed by atoms with van der Waals surface area (Å²) in [6.07, 6.45) is -0.738. The van der Waals surface area contributed by atoms with Crippen molar-refractivity contribution < 1.29 is 23.7 Å². The molecular weight excluding hydrogens is 560 g/mol. The van der Waals surface area contributed by atoms with Crippen molar-refractivity contribution >= 4 is 22.9 Å². The zero-order chi connectivity index (χ0) is 30.5. The summed E-state index contributed by atoms with van der Waals surface area (Å²) in [5, 5.41) is 0. The number of fused-ring (bicyclic) bond motifs is 2. The van der Waals surface area contributed by atoms with E-state index in [1.807, 2.05) is 68.4 Å². The van der Waals surface area contributed by atoms with Gasteiger partial charge in [0, 0.05) is 0 Å². The molecule has 0 aliphatic carbocycles. The molecule has 11 nitrogen and oxygen atoms in total. The normalized spacial score (nSPS) is 22.7. The Balaban J connectivity index is 1.29. The van der Waals surface area contributed by atoms with Crippen molar-refractivity contribution in [2.24, 2.45) is 5.73 Å². The lowest BCUT2D eigenvalue weighted by Gasteiger charge is -2.37. The minimum atomic E-state index is -0.949. The number of nitrogen functional groups attached to an aromatic ring is 1. The van der Waals surface area contributed by atoms with Crippen LogP contribution in [0.4, 0.5) is 5.82 Å². The lowest BCUT2D eigenvalue weighted by Crippen LogP contribution is -2.39. The summed E-state index contributed by atoms with van der Waals surface area (Å²) in [7, 11) is 0. The van der Waals surface area contributed by atoms with Crippen LogP contribution in [0.25, 0.3) is 11.2 Å². The highest BCUT2D eigenvalue weighted by Gasteiger charge is 2.57. The molecule has 2 aromatic heterocycles. The predicted molar refractivity (Wildman–Crippen MR) is 161 cm³/mol. The third-order valence-electron chi connectivity index (χ3n) is 8.07. The minimum absolute atomic E-state index is 0.0410. The highest BCUT2D eigenvalue weighted by atomic mass is 16.8. The molecule has 0 bridgehead atoms. The molecule has 0 unspecified atom stereocenters. The second-order valence-corrected chi connectivity index (χ2v) is 11.3. The Morgan fingerprint density at radius 1 is 0.886 bits per heavy atom. The van der Waals surface area contributed by atoms with Crippen LogP contribution < -0.4 is 11.5 Å². The van der Waals surface area contributed by atoms with E-state index >= 15 is 0 Å². The average Bonchev–Trinajstić information content (AvgIpc) is 3.70. The van der Waals surface area contributed by atoms with E-state index in [-0.39, 0.29) is 18.2 Å². The largest absolute Gasteiger partial charge is 0.382 e. The number of aromatic nitrogens is 4. The third kappa shape index (κ3) is 4.70. The van der Waals surface area contributed by atoms with Gasteiger partial charge in [-0.1, -0.05) is 91.0 Å². The molecule has 11 heteroatoms. The summed E-state index contributed by atoms with van der Waals surface area (Å²) in [5.41, 5.74) is 14.2. The van der Waals surface area contributed by atoms with E-state index in [2.05, 4.69) is 51.4 Å². The first kappa shape index (κ1) is 28.1. The van der Waals surface area contributed by atoms with Crippen LogP contribution in [0.5, 0.6) is 0 Å². The molecule has 4 atom stereocenters. The molecule has 4 N–H and O–H groups in total. The van der Waals surface area contributed by atoms with Crippen LogP contribution in [0.15, 0.2) is 97.3 Å². The molecule has 2 aliphatic rings. The Kier molecular flexibility index (Phi) is 6.90. The summed E-state index contributed by atoms with van der Waals surface area (Å²) in [6, 6.07) is 30.4. The van der Waals surface area contributed by atoms with Crippen molar-refractivity contribution in [1.29, 1.82) is 0 Å². The van der Waals surface area contributed by atoms with Crippen LogP contribution in [-0.2, 0) is 24.5 Å². The summed E-state index contributed by atoms with van der Waals surface area (Å²) in [6.45, 7) is 3.88. The summed E-state index contributed by atoms with van der Waals surface area (Å²) < 4.78 is 28.2. The molecule has 0 saturated carbocycles. The molecule has 224 valence electrons. The van der Waals surface area contributed by atoms with Crippen molar-refractivity contribution in [3.8, 4) is 0 Å². The van der Waals surface area contributed by atoms with Gasteiger partial charge in [-0.3, -0.25) is 9.36 Å². The van der Waals surface area contributed by atoms with Gasteiger partial charge in [0.05, 0.1) is 12.9 Å². The molecule has 44 heavy (non-hydrogen) atoms. The van der Waals surface area contributed by atoms with Gasteiger partial charge in [0.15, 0.2) is 23.5 Å². The Morgan fingerprint density at radius 3 is 1.98 bits per heavy atom. The first-order valence-corrected chi connectivity index (χ1v) is 14.4. The number of hydrogen-bond acceptors (Lipinski definition) is 9. The van der Waals surface area contributed by atoms with Gasteiger partial charge in [-0.05, 0) is 30.5 Å². The van der Waals surface area contributed by atoms with E-state index < -0.39 is 41.8 Å². The Bertz CT molecular complexity index is 1700. The lowest BCUT2D eigenvalue weighted by atomic mass is 9.80. The zero-order valence-corrected chi connectivity index (χ0v) is 24.2. The van der Waals surface area contributed by atoms with Crippen molar-refractivity contribution in [2.75, 3.05) is 12.3 Å². The number of imidazole rings is 1. The Hall–Kier alpha value is -4.68. The fraction of sp³-hybridized carbons (Fsp3) is 0.273. The molecule has 2 saturated heterocycles. The second kappa shape index (κ2) is 10.8. The van der Waals surface area contributed by atoms with Crippen LogP contribution in [0.3, 0.4) is 0 Å². The van der Waals surface area contributed by atoms with Crippen molar-refractivity contribution in [3.63, 3.8) is 0 Å². The van der Waals surface area contributed by atoms with Crippen LogP contribution >= 0.6 is 0 Å². The molecular formula is C33H32N6O5. The number of hydrogen-bond donors (Lipinski definition) is 2. The van der Waals surface area contributed by atoms with Crippen molar-refractivity contribution in [2.45, 2.75) is 49.8 Å². The molecule has 7 rings (SSSR count). The first-order chi connectivity index (χ1) is 21.3. The molecule has 0 spiro atoms. The van der Waals surface area contributed by atoms with Gasteiger partial charge in [-0.25, -0.2) is 15.0 Å². The number of carbonyl (C=O) groups excluding carboxylic acids is 1. The maximum absolute atomic E-state index is 11.9. The van der Waals surface area contributed by atoms with Crippen LogP contribution in [0, 0.1) is 0 Å². The fourth-order valence-corrected chi connectivity index (χ4v) is 6.23. The van der Waals surface area contributed by atoms with Crippen molar-refractivity contribution in [1.82, 2.24) is 19.5 Å². The molecule has 3 aromatic carbocycles. The number of primary amides is 1. The highest BCUT2D eigenvalue weighted by Crippen LogP contribution is 2.46.